The topological polar surface area (TPSA) is 55.2 Å². The van der Waals surface area contributed by atoms with E-state index in [2.05, 4.69) is 28.9 Å². The second-order valence-corrected chi connectivity index (χ2v) is 10.4. The number of piperidine rings is 1. The first-order valence-electron chi connectivity index (χ1n) is 10.4. The van der Waals surface area contributed by atoms with Crippen LogP contribution in [-0.2, 0) is 11.3 Å². The average molecular weight is 428 g/mol. The molecule has 3 aromatic rings. The molecule has 5 rings (SSSR count). The van der Waals surface area contributed by atoms with Gasteiger partial charge in [0, 0.05) is 33.3 Å². The molecule has 2 aliphatic rings. The van der Waals surface area contributed by atoms with E-state index in [1.54, 1.807) is 17.7 Å². The van der Waals surface area contributed by atoms with Crippen LogP contribution in [0.5, 0.6) is 0 Å². The second-order valence-electron chi connectivity index (χ2n) is 8.26. The number of carbonyl (C=O) groups excluding carboxylic acids is 1. The fourth-order valence-corrected chi connectivity index (χ4v) is 6.87. The van der Waals surface area contributed by atoms with Crippen LogP contribution in [0.15, 0.2) is 28.6 Å². The Morgan fingerprint density at radius 1 is 1.21 bits per heavy atom. The summed E-state index contributed by atoms with van der Waals surface area (Å²) >= 11 is 3.17. The van der Waals surface area contributed by atoms with Crippen molar-refractivity contribution >= 4 is 38.8 Å². The first-order chi connectivity index (χ1) is 14.1. The SMILES string of the molecule is Cc1ccc(-c2csc3ncn(CC(=O)N4CCC[C@H]5CCCC[C@@H]54)c(=O)c23)s1. The molecule has 5 nitrogen and oxygen atoms in total. The number of nitrogens with zero attached hydrogens (tertiary/aromatic N) is 3. The summed E-state index contributed by atoms with van der Waals surface area (Å²) in [7, 11) is 0. The summed E-state index contributed by atoms with van der Waals surface area (Å²) < 4.78 is 1.51. The standard InChI is InChI=1S/C22H25N3O2S2/c1-14-8-9-18(29-14)16-12-28-21-20(16)22(27)24(13-23-21)11-19(26)25-10-4-6-15-5-2-3-7-17(15)25/h8-9,12-13,15,17H,2-7,10-11H2,1H3/t15-,17+/m1/s1. The number of aryl methyl sites for hydroxylation is 1. The maximum absolute atomic E-state index is 13.3. The van der Waals surface area contributed by atoms with Crippen LogP contribution in [0.25, 0.3) is 20.7 Å². The number of hydrogen-bond donors (Lipinski definition) is 0. The van der Waals surface area contributed by atoms with Crippen molar-refractivity contribution in [1.82, 2.24) is 14.5 Å². The molecule has 1 amide bonds. The van der Waals surface area contributed by atoms with Gasteiger partial charge in [-0.3, -0.25) is 14.2 Å². The van der Waals surface area contributed by atoms with Gasteiger partial charge in [-0.05, 0) is 50.7 Å². The zero-order valence-corrected chi connectivity index (χ0v) is 18.2. The molecule has 0 bridgehead atoms. The molecule has 1 aliphatic heterocycles. The molecule has 0 N–H and O–H groups in total. The largest absolute Gasteiger partial charge is 0.338 e. The summed E-state index contributed by atoms with van der Waals surface area (Å²) in [6.07, 6.45) is 8.69. The molecule has 29 heavy (non-hydrogen) atoms. The van der Waals surface area contributed by atoms with E-state index < -0.39 is 0 Å². The zero-order valence-electron chi connectivity index (χ0n) is 16.6. The highest BCUT2D eigenvalue weighted by atomic mass is 32.1. The van der Waals surface area contributed by atoms with Gasteiger partial charge in [0.15, 0.2) is 0 Å². The van der Waals surface area contributed by atoms with E-state index in [9.17, 15) is 9.59 Å². The van der Waals surface area contributed by atoms with Crippen molar-refractivity contribution < 1.29 is 4.79 Å². The van der Waals surface area contributed by atoms with Crippen molar-refractivity contribution in [2.45, 2.75) is 58.0 Å². The molecular formula is C22H25N3O2S2. The molecule has 4 heterocycles. The highest BCUT2D eigenvalue weighted by Gasteiger charge is 2.35. The number of carbonyl (C=O) groups is 1. The summed E-state index contributed by atoms with van der Waals surface area (Å²) in [6, 6.07) is 4.49. The minimum atomic E-state index is -0.108. The van der Waals surface area contributed by atoms with E-state index in [1.807, 2.05) is 5.38 Å². The van der Waals surface area contributed by atoms with Crippen LogP contribution in [0, 0.1) is 12.8 Å². The molecule has 2 fully saturated rings. The van der Waals surface area contributed by atoms with E-state index in [0.29, 0.717) is 17.3 Å². The van der Waals surface area contributed by atoms with Gasteiger partial charge in [0.1, 0.15) is 11.4 Å². The summed E-state index contributed by atoms with van der Waals surface area (Å²) in [4.78, 5) is 36.0. The summed E-state index contributed by atoms with van der Waals surface area (Å²) in [6.45, 7) is 2.97. The van der Waals surface area contributed by atoms with Crippen molar-refractivity contribution in [3.8, 4) is 10.4 Å². The maximum Gasteiger partial charge on any atom is 0.263 e. The maximum atomic E-state index is 13.3. The quantitative estimate of drug-likeness (QED) is 0.610. The monoisotopic (exact) mass is 427 g/mol. The van der Waals surface area contributed by atoms with Gasteiger partial charge in [0.05, 0.1) is 11.7 Å². The van der Waals surface area contributed by atoms with Crippen LogP contribution in [0.2, 0.25) is 0 Å². The lowest BCUT2D eigenvalue weighted by Crippen LogP contribution is -2.51. The molecule has 0 unspecified atom stereocenters. The molecule has 3 aromatic heterocycles. The normalized spacial score (nSPS) is 22.0. The van der Waals surface area contributed by atoms with E-state index >= 15 is 0 Å². The average Bonchev–Trinajstić information content (AvgIpc) is 3.36. The number of aromatic nitrogens is 2. The highest BCUT2D eigenvalue weighted by Crippen LogP contribution is 2.36. The molecule has 1 aliphatic carbocycles. The number of rotatable bonds is 3. The fourth-order valence-electron chi connectivity index (χ4n) is 5.01. The van der Waals surface area contributed by atoms with Crippen LogP contribution in [0.4, 0.5) is 0 Å². The minimum Gasteiger partial charge on any atom is -0.338 e. The number of thiophene rings is 2. The smallest absolute Gasteiger partial charge is 0.263 e. The molecule has 1 saturated carbocycles. The number of amides is 1. The minimum absolute atomic E-state index is 0.0635. The van der Waals surface area contributed by atoms with E-state index in [0.717, 1.165) is 34.7 Å². The third-order valence-electron chi connectivity index (χ3n) is 6.44. The molecule has 1 saturated heterocycles. The summed E-state index contributed by atoms with van der Waals surface area (Å²) in [5.74, 6) is 0.706. The van der Waals surface area contributed by atoms with Crippen LogP contribution in [-0.4, -0.2) is 32.9 Å². The van der Waals surface area contributed by atoms with Crippen molar-refractivity contribution in [3.05, 3.63) is 39.1 Å². The van der Waals surface area contributed by atoms with Crippen LogP contribution < -0.4 is 5.56 Å². The van der Waals surface area contributed by atoms with E-state index in [4.69, 9.17) is 0 Å². The Labute approximate surface area is 178 Å². The Kier molecular flexibility index (Phi) is 5.04. The molecule has 152 valence electrons. The van der Waals surface area contributed by atoms with Gasteiger partial charge in [0.25, 0.3) is 5.56 Å². The van der Waals surface area contributed by atoms with Gasteiger partial charge >= 0.3 is 0 Å². The van der Waals surface area contributed by atoms with Gasteiger partial charge in [-0.1, -0.05) is 12.8 Å². The number of likely N-dealkylation sites (tertiary alicyclic amines) is 1. The van der Waals surface area contributed by atoms with Crippen LogP contribution in [0.3, 0.4) is 0 Å². The predicted molar refractivity (Wildman–Crippen MR) is 119 cm³/mol. The molecule has 0 radical (unpaired) electrons. The van der Waals surface area contributed by atoms with Gasteiger partial charge in [-0.2, -0.15) is 0 Å². The first kappa shape index (κ1) is 19.0. The number of hydrogen-bond acceptors (Lipinski definition) is 5. The number of fused-ring (bicyclic) bond motifs is 2. The Bertz CT molecular complexity index is 1110. The molecule has 0 spiro atoms. The van der Waals surface area contributed by atoms with Gasteiger partial charge in [0.2, 0.25) is 5.91 Å². The fraction of sp³-hybridized carbons (Fsp3) is 0.500. The molecule has 7 heteroatoms. The van der Waals surface area contributed by atoms with Crippen molar-refractivity contribution in [2.75, 3.05) is 6.54 Å². The second kappa shape index (κ2) is 7.69. The predicted octanol–water partition coefficient (Wildman–Crippen LogP) is 4.68. The lowest BCUT2D eigenvalue weighted by Gasteiger charge is -2.44. The summed E-state index contributed by atoms with van der Waals surface area (Å²) in [5, 5.41) is 2.65. The molecular weight excluding hydrogens is 402 g/mol. The molecule has 0 aromatic carbocycles. The Morgan fingerprint density at radius 3 is 2.86 bits per heavy atom. The lowest BCUT2D eigenvalue weighted by molar-refractivity contribution is -0.138. The van der Waals surface area contributed by atoms with E-state index in [1.165, 1.54) is 46.5 Å². The third-order valence-corrected chi connectivity index (χ3v) is 8.36. The molecule has 2 atom stereocenters. The van der Waals surface area contributed by atoms with Crippen molar-refractivity contribution in [1.29, 1.82) is 0 Å². The Morgan fingerprint density at radius 2 is 2.03 bits per heavy atom. The van der Waals surface area contributed by atoms with E-state index in [-0.39, 0.29) is 18.0 Å². The van der Waals surface area contributed by atoms with Crippen molar-refractivity contribution in [3.63, 3.8) is 0 Å². The first-order valence-corrected chi connectivity index (χ1v) is 12.1. The lowest BCUT2D eigenvalue weighted by atomic mass is 9.78. The Hall–Kier alpha value is -1.99. The van der Waals surface area contributed by atoms with Gasteiger partial charge in [-0.15, -0.1) is 22.7 Å². The highest BCUT2D eigenvalue weighted by molar-refractivity contribution is 7.19. The van der Waals surface area contributed by atoms with Gasteiger partial charge in [-0.25, -0.2) is 4.98 Å². The van der Waals surface area contributed by atoms with Gasteiger partial charge < -0.3 is 4.90 Å². The van der Waals surface area contributed by atoms with Crippen LogP contribution in [0.1, 0.15) is 43.4 Å². The third kappa shape index (κ3) is 3.44. The summed E-state index contributed by atoms with van der Waals surface area (Å²) in [5.41, 5.74) is 0.829. The Balaban J connectivity index is 1.45. The van der Waals surface area contributed by atoms with Crippen LogP contribution >= 0.6 is 22.7 Å². The van der Waals surface area contributed by atoms with Crippen molar-refractivity contribution in [2.24, 2.45) is 5.92 Å². The zero-order chi connectivity index (χ0) is 20.0.